The van der Waals surface area contributed by atoms with Gasteiger partial charge in [0.15, 0.2) is 0 Å². The Kier molecular flexibility index (Phi) is 9.57. The first-order valence-corrected chi connectivity index (χ1v) is 12.7. The second kappa shape index (κ2) is 12.6. The van der Waals surface area contributed by atoms with Gasteiger partial charge in [0.25, 0.3) is 0 Å². The zero-order chi connectivity index (χ0) is 23.6. The summed E-state index contributed by atoms with van der Waals surface area (Å²) in [6.45, 7) is 10.8. The van der Waals surface area contributed by atoms with Crippen LogP contribution in [0.25, 0.3) is 17.0 Å². The minimum absolute atomic E-state index is 0.726. The van der Waals surface area contributed by atoms with Gasteiger partial charge in [0.05, 0.1) is 5.69 Å². The maximum absolute atomic E-state index is 6.44. The first-order chi connectivity index (χ1) is 16.0. The third-order valence-electron chi connectivity index (χ3n) is 6.19. The molecule has 0 fully saturated rings. The van der Waals surface area contributed by atoms with Crippen molar-refractivity contribution in [3.63, 3.8) is 0 Å². The summed E-state index contributed by atoms with van der Waals surface area (Å²) in [5, 5.41) is 4.23. The van der Waals surface area contributed by atoms with Crippen molar-refractivity contribution in [3.8, 4) is 11.3 Å². The molecular formula is C30H37ClN2. The number of nitrogens with one attached hydrogen (secondary N) is 1. The lowest BCUT2D eigenvalue weighted by molar-refractivity contribution is 0.684. The van der Waals surface area contributed by atoms with Crippen molar-refractivity contribution in [3.05, 3.63) is 88.5 Å². The number of halogens is 1. The van der Waals surface area contributed by atoms with Gasteiger partial charge in [0.2, 0.25) is 0 Å². The summed E-state index contributed by atoms with van der Waals surface area (Å²) in [6.07, 6.45) is 10.1. The van der Waals surface area contributed by atoms with Gasteiger partial charge in [-0.3, -0.25) is 0 Å². The predicted octanol–water partition coefficient (Wildman–Crippen LogP) is 9.26. The van der Waals surface area contributed by atoms with E-state index in [1.54, 1.807) is 0 Å². The second-order valence-electron chi connectivity index (χ2n) is 8.81. The Bertz CT molecular complexity index is 1070. The third kappa shape index (κ3) is 6.71. The van der Waals surface area contributed by atoms with Crippen LogP contribution in [0.3, 0.4) is 0 Å². The van der Waals surface area contributed by atoms with Crippen molar-refractivity contribution >= 4 is 23.1 Å². The molecule has 33 heavy (non-hydrogen) atoms. The molecule has 2 nitrogen and oxygen atoms in total. The molecule has 0 saturated carbocycles. The Balaban J connectivity index is 0.000000454. The fourth-order valence-electron chi connectivity index (χ4n) is 4.28. The van der Waals surface area contributed by atoms with Gasteiger partial charge >= 0.3 is 0 Å². The molecule has 3 heteroatoms. The molecule has 0 amide bonds. The molecule has 174 valence electrons. The number of aryl methyl sites for hydroxylation is 2. The van der Waals surface area contributed by atoms with E-state index in [0.717, 1.165) is 46.2 Å². The van der Waals surface area contributed by atoms with E-state index in [1.807, 2.05) is 36.4 Å². The quantitative estimate of drug-likeness (QED) is 0.355. The Labute approximate surface area is 205 Å². The highest BCUT2D eigenvalue weighted by Gasteiger charge is 2.18. The van der Waals surface area contributed by atoms with E-state index >= 15 is 0 Å². The van der Waals surface area contributed by atoms with E-state index in [1.165, 1.54) is 55.2 Å². The van der Waals surface area contributed by atoms with E-state index in [0.29, 0.717) is 0 Å². The summed E-state index contributed by atoms with van der Waals surface area (Å²) in [5.74, 6) is 0.912. The van der Waals surface area contributed by atoms with E-state index in [9.17, 15) is 0 Å². The maximum Gasteiger partial charge on any atom is 0.134 e. The molecule has 4 rings (SSSR count). The van der Waals surface area contributed by atoms with Crippen LogP contribution in [-0.2, 0) is 12.8 Å². The lowest BCUT2D eigenvalue weighted by atomic mass is 9.91. The number of aromatic nitrogens is 1. The van der Waals surface area contributed by atoms with Crippen LogP contribution in [0.1, 0.15) is 74.6 Å². The number of fused-ring (bicyclic) bond motifs is 1. The van der Waals surface area contributed by atoms with Crippen LogP contribution >= 0.6 is 11.6 Å². The van der Waals surface area contributed by atoms with Gasteiger partial charge in [-0.1, -0.05) is 100 Å². The predicted molar refractivity (Wildman–Crippen MR) is 145 cm³/mol. The van der Waals surface area contributed by atoms with Gasteiger partial charge in [0, 0.05) is 21.8 Å². The number of nitrogens with zero attached hydrogens (tertiary/aromatic N) is 1. The molecule has 2 aromatic carbocycles. The van der Waals surface area contributed by atoms with Gasteiger partial charge in [0.1, 0.15) is 5.82 Å². The first-order valence-electron chi connectivity index (χ1n) is 12.3. The zero-order valence-corrected chi connectivity index (χ0v) is 21.1. The van der Waals surface area contributed by atoms with Gasteiger partial charge in [-0.15, -0.1) is 0 Å². The monoisotopic (exact) mass is 460 g/mol. The van der Waals surface area contributed by atoms with Gasteiger partial charge < -0.3 is 5.32 Å². The molecule has 0 aliphatic heterocycles. The van der Waals surface area contributed by atoms with Crippen LogP contribution < -0.4 is 5.32 Å². The van der Waals surface area contributed by atoms with Gasteiger partial charge in [-0.2, -0.15) is 0 Å². The normalized spacial score (nSPS) is 12.4. The number of hydrogen-bond donors (Lipinski definition) is 1. The fraction of sp³-hybridized carbons (Fsp3) is 0.367. The third-order valence-corrected chi connectivity index (χ3v) is 6.52. The van der Waals surface area contributed by atoms with Crippen LogP contribution in [0.5, 0.6) is 0 Å². The van der Waals surface area contributed by atoms with E-state index in [-0.39, 0.29) is 0 Å². The number of hydrogen-bond acceptors (Lipinski definition) is 2. The molecule has 0 radical (unpaired) electrons. The maximum atomic E-state index is 6.44. The van der Waals surface area contributed by atoms with Crippen LogP contribution in [-0.4, -0.2) is 4.98 Å². The number of benzene rings is 2. The molecule has 0 saturated heterocycles. The summed E-state index contributed by atoms with van der Waals surface area (Å²) >= 11 is 6.44. The van der Waals surface area contributed by atoms with Crippen molar-refractivity contribution in [2.24, 2.45) is 0 Å². The minimum atomic E-state index is 0.726. The van der Waals surface area contributed by atoms with Crippen LogP contribution in [0, 0.1) is 6.92 Å². The van der Waals surface area contributed by atoms with Crippen molar-refractivity contribution in [1.29, 1.82) is 0 Å². The second-order valence-corrected chi connectivity index (χ2v) is 9.21. The molecule has 0 atom stereocenters. The minimum Gasteiger partial charge on any atom is -0.340 e. The highest BCUT2D eigenvalue weighted by atomic mass is 35.5. The first kappa shape index (κ1) is 25.1. The smallest absolute Gasteiger partial charge is 0.134 e. The average molecular weight is 461 g/mol. The summed E-state index contributed by atoms with van der Waals surface area (Å²) in [7, 11) is 0. The molecule has 1 aliphatic rings. The lowest BCUT2D eigenvalue weighted by Crippen LogP contribution is -2.11. The Morgan fingerprint density at radius 1 is 0.970 bits per heavy atom. The molecule has 3 aromatic rings. The molecular weight excluding hydrogens is 424 g/mol. The largest absolute Gasteiger partial charge is 0.340 e. The Morgan fingerprint density at radius 3 is 2.33 bits per heavy atom. The summed E-state index contributed by atoms with van der Waals surface area (Å²) < 4.78 is 0. The molecule has 0 unspecified atom stereocenters. The average Bonchev–Trinajstić information content (AvgIpc) is 2.83. The number of pyridine rings is 1. The summed E-state index contributed by atoms with van der Waals surface area (Å²) in [5.41, 5.74) is 7.76. The van der Waals surface area contributed by atoms with Crippen LogP contribution in [0.2, 0.25) is 5.02 Å². The molecule has 0 bridgehead atoms. The standard InChI is InChI=1S/C24H23ClN2.C6H14/c1-16-9-3-5-11-19(16)17(2)26-24-20-12-6-4-10-18(20)15-23(27-24)21-13-7-8-14-22(21)25;1-3-5-6-4-2/h3,5,7-9,11,13-15H,2,4,6,10,12H2,1H3,(H,26,27);3-6H2,1-2H3. The molecule has 1 heterocycles. The van der Waals surface area contributed by atoms with Crippen molar-refractivity contribution < 1.29 is 0 Å². The van der Waals surface area contributed by atoms with E-state index in [4.69, 9.17) is 16.6 Å². The Hall–Kier alpha value is -2.58. The number of unbranched alkanes of at least 4 members (excludes halogenated alkanes) is 3. The van der Waals surface area contributed by atoms with E-state index in [2.05, 4.69) is 50.9 Å². The molecule has 0 spiro atoms. The molecule has 1 N–H and O–H groups in total. The topological polar surface area (TPSA) is 24.9 Å². The van der Waals surface area contributed by atoms with Gasteiger partial charge in [-0.05, 0) is 61.4 Å². The lowest BCUT2D eigenvalue weighted by Gasteiger charge is -2.22. The number of rotatable bonds is 7. The van der Waals surface area contributed by atoms with Gasteiger partial charge in [-0.25, -0.2) is 4.98 Å². The fourth-order valence-corrected chi connectivity index (χ4v) is 4.51. The summed E-state index contributed by atoms with van der Waals surface area (Å²) in [4.78, 5) is 4.96. The highest BCUT2D eigenvalue weighted by molar-refractivity contribution is 6.33. The van der Waals surface area contributed by atoms with Crippen LogP contribution in [0.4, 0.5) is 5.82 Å². The Morgan fingerprint density at radius 2 is 1.64 bits per heavy atom. The van der Waals surface area contributed by atoms with E-state index < -0.39 is 0 Å². The summed E-state index contributed by atoms with van der Waals surface area (Å²) in [6, 6.07) is 18.4. The molecule has 1 aromatic heterocycles. The zero-order valence-electron chi connectivity index (χ0n) is 20.4. The SMILES string of the molecule is C=C(Nc1nc(-c2ccccc2Cl)cc2c1CCCC2)c1ccccc1C.CCCCCC. The highest BCUT2D eigenvalue weighted by Crippen LogP contribution is 2.34. The van der Waals surface area contributed by atoms with Crippen LogP contribution in [0.15, 0.2) is 61.2 Å². The van der Waals surface area contributed by atoms with Crippen molar-refractivity contribution in [1.82, 2.24) is 4.98 Å². The number of anilines is 1. The van der Waals surface area contributed by atoms with Crippen molar-refractivity contribution in [2.45, 2.75) is 72.1 Å². The molecule has 1 aliphatic carbocycles. The van der Waals surface area contributed by atoms with Crippen molar-refractivity contribution in [2.75, 3.05) is 5.32 Å².